The van der Waals surface area contributed by atoms with Gasteiger partial charge in [-0.1, -0.05) is 15.9 Å². The van der Waals surface area contributed by atoms with Gasteiger partial charge in [0, 0.05) is 24.6 Å². The van der Waals surface area contributed by atoms with Gasteiger partial charge >= 0.3 is 6.09 Å². The van der Waals surface area contributed by atoms with Crippen molar-refractivity contribution in [2.75, 3.05) is 31.6 Å². The number of anilines is 1. The number of carbonyl (C=O) groups is 2. The first kappa shape index (κ1) is 15.1. The van der Waals surface area contributed by atoms with E-state index in [1.165, 1.54) is 4.90 Å². The minimum Gasteiger partial charge on any atom is -0.465 e. The predicted molar refractivity (Wildman–Crippen MR) is 92.2 cm³/mol. The van der Waals surface area contributed by atoms with Crippen molar-refractivity contribution in [3.05, 3.63) is 22.7 Å². The van der Waals surface area contributed by atoms with E-state index < -0.39 is 6.09 Å². The number of carboxylic acid groups (broad SMARTS) is 1. The van der Waals surface area contributed by atoms with Crippen molar-refractivity contribution in [3.63, 3.8) is 0 Å². The summed E-state index contributed by atoms with van der Waals surface area (Å²) in [6, 6.07) is 5.63. The summed E-state index contributed by atoms with van der Waals surface area (Å²) in [6.45, 7) is 1.27. The maximum Gasteiger partial charge on any atom is 0.407 e. The standard InChI is InChI=1S/C15H14BrN5O3/c1-19(15(23)24)9-5-20(6-9)13-14-18-12(22)7-21(14)11-4-8(16)2-3-10(11)17-13/h2-4,9H,5-7H2,1H3,(H,23,24). The van der Waals surface area contributed by atoms with Gasteiger partial charge in [-0.15, -0.1) is 0 Å². The molecule has 4 rings (SSSR count). The molecule has 2 amide bonds. The topological polar surface area (TPSA) is 88.8 Å². The Morgan fingerprint density at radius 1 is 1.33 bits per heavy atom. The molecule has 1 saturated heterocycles. The van der Waals surface area contributed by atoms with Crippen LogP contribution in [-0.4, -0.2) is 71.3 Å². The SMILES string of the molecule is CN(C(=O)O)C1CN(C2=Nc3ccc(Br)cc3N3CC(=O)N=C23)C1. The number of fused-ring (bicyclic) bond motifs is 3. The molecule has 0 saturated carbocycles. The molecular formula is C15H14BrN5O3. The normalized spacial score (nSPS) is 19.3. The van der Waals surface area contributed by atoms with E-state index in [1.807, 2.05) is 28.0 Å². The lowest BCUT2D eigenvalue weighted by molar-refractivity contribution is -0.115. The minimum atomic E-state index is -0.949. The molecule has 3 heterocycles. The number of halogens is 1. The second kappa shape index (κ2) is 5.30. The number of hydrogen-bond donors (Lipinski definition) is 1. The number of aliphatic imine (C=N–C) groups is 2. The summed E-state index contributed by atoms with van der Waals surface area (Å²) in [5, 5.41) is 9.05. The van der Waals surface area contributed by atoms with Gasteiger partial charge in [-0.3, -0.25) is 4.79 Å². The Hall–Kier alpha value is -2.42. The van der Waals surface area contributed by atoms with Crippen LogP contribution in [0.2, 0.25) is 0 Å². The molecule has 3 aliphatic rings. The monoisotopic (exact) mass is 391 g/mol. The molecule has 1 N–H and O–H groups in total. The van der Waals surface area contributed by atoms with Crippen LogP contribution in [0.15, 0.2) is 32.7 Å². The van der Waals surface area contributed by atoms with Crippen LogP contribution in [0.5, 0.6) is 0 Å². The fraction of sp³-hybridized carbons (Fsp3) is 0.333. The average molecular weight is 392 g/mol. The first-order valence-corrected chi connectivity index (χ1v) is 8.21. The molecule has 1 aromatic rings. The van der Waals surface area contributed by atoms with E-state index in [2.05, 4.69) is 25.9 Å². The molecule has 0 atom stereocenters. The van der Waals surface area contributed by atoms with E-state index in [-0.39, 0.29) is 18.5 Å². The van der Waals surface area contributed by atoms with Gasteiger partial charge in [-0.2, -0.15) is 4.99 Å². The van der Waals surface area contributed by atoms with Crippen molar-refractivity contribution in [3.8, 4) is 0 Å². The van der Waals surface area contributed by atoms with Gasteiger partial charge in [0.2, 0.25) is 0 Å². The van der Waals surface area contributed by atoms with E-state index >= 15 is 0 Å². The molecule has 0 aliphatic carbocycles. The number of benzene rings is 1. The second-order valence-corrected chi connectivity index (χ2v) is 6.85. The van der Waals surface area contributed by atoms with Crippen molar-refractivity contribution < 1.29 is 14.7 Å². The molecule has 8 nitrogen and oxygen atoms in total. The highest BCUT2D eigenvalue weighted by molar-refractivity contribution is 9.10. The van der Waals surface area contributed by atoms with Gasteiger partial charge in [0.25, 0.3) is 5.91 Å². The van der Waals surface area contributed by atoms with E-state index in [1.54, 1.807) is 7.05 Å². The lowest BCUT2D eigenvalue weighted by Crippen LogP contribution is -2.63. The third kappa shape index (κ3) is 2.27. The van der Waals surface area contributed by atoms with Crippen molar-refractivity contribution in [1.82, 2.24) is 9.80 Å². The Labute approximate surface area is 146 Å². The van der Waals surface area contributed by atoms with Crippen molar-refractivity contribution in [2.24, 2.45) is 9.98 Å². The van der Waals surface area contributed by atoms with Crippen LogP contribution >= 0.6 is 15.9 Å². The average Bonchev–Trinajstić information content (AvgIpc) is 2.88. The number of nitrogens with zero attached hydrogens (tertiary/aromatic N) is 5. The highest BCUT2D eigenvalue weighted by atomic mass is 79.9. The molecule has 24 heavy (non-hydrogen) atoms. The van der Waals surface area contributed by atoms with Gasteiger partial charge in [0.05, 0.1) is 17.4 Å². The number of amides is 2. The Morgan fingerprint density at radius 2 is 2.08 bits per heavy atom. The summed E-state index contributed by atoms with van der Waals surface area (Å²) in [7, 11) is 1.56. The van der Waals surface area contributed by atoms with E-state index in [4.69, 9.17) is 5.11 Å². The number of amidine groups is 2. The van der Waals surface area contributed by atoms with Crippen LogP contribution in [0.4, 0.5) is 16.2 Å². The van der Waals surface area contributed by atoms with Gasteiger partial charge in [0.1, 0.15) is 6.54 Å². The molecule has 124 valence electrons. The molecule has 0 aromatic heterocycles. The van der Waals surface area contributed by atoms with Crippen molar-refractivity contribution >= 4 is 51.0 Å². The largest absolute Gasteiger partial charge is 0.465 e. The Bertz CT molecular complexity index is 815. The number of hydrogen-bond acceptors (Lipinski definition) is 5. The number of rotatable bonds is 1. The lowest BCUT2D eigenvalue weighted by atomic mass is 10.1. The summed E-state index contributed by atoms with van der Waals surface area (Å²) in [4.78, 5) is 36.8. The number of carbonyl (C=O) groups excluding carboxylic acids is 1. The maximum absolute atomic E-state index is 11.8. The van der Waals surface area contributed by atoms with Crippen LogP contribution in [0.1, 0.15) is 0 Å². The summed E-state index contributed by atoms with van der Waals surface area (Å²) >= 11 is 3.44. The van der Waals surface area contributed by atoms with Crippen molar-refractivity contribution in [2.45, 2.75) is 6.04 Å². The maximum atomic E-state index is 11.8. The fourth-order valence-electron chi connectivity index (χ4n) is 3.01. The van der Waals surface area contributed by atoms with E-state index in [0.717, 1.165) is 15.8 Å². The Morgan fingerprint density at radius 3 is 2.79 bits per heavy atom. The van der Waals surface area contributed by atoms with Crippen LogP contribution in [0.3, 0.4) is 0 Å². The molecule has 1 aromatic carbocycles. The first-order valence-electron chi connectivity index (χ1n) is 7.42. The first-order chi connectivity index (χ1) is 11.4. The lowest BCUT2D eigenvalue weighted by Gasteiger charge is -2.45. The quantitative estimate of drug-likeness (QED) is 0.783. The zero-order valence-corrected chi connectivity index (χ0v) is 14.4. The predicted octanol–water partition coefficient (Wildman–Crippen LogP) is 1.53. The summed E-state index contributed by atoms with van der Waals surface area (Å²) in [6.07, 6.45) is -0.949. The van der Waals surface area contributed by atoms with Gasteiger partial charge in [-0.25, -0.2) is 9.79 Å². The smallest absolute Gasteiger partial charge is 0.407 e. The van der Waals surface area contributed by atoms with Crippen LogP contribution in [0.25, 0.3) is 0 Å². The molecule has 0 radical (unpaired) electrons. The second-order valence-electron chi connectivity index (χ2n) is 5.94. The minimum absolute atomic E-state index is 0.0809. The summed E-state index contributed by atoms with van der Waals surface area (Å²) < 4.78 is 0.908. The molecular weight excluding hydrogens is 378 g/mol. The van der Waals surface area contributed by atoms with Crippen LogP contribution in [-0.2, 0) is 4.79 Å². The van der Waals surface area contributed by atoms with Gasteiger partial charge < -0.3 is 19.8 Å². The third-order valence-corrected chi connectivity index (χ3v) is 4.94. The fourth-order valence-corrected chi connectivity index (χ4v) is 3.36. The molecule has 0 bridgehead atoms. The Balaban J connectivity index is 1.66. The molecule has 3 aliphatic heterocycles. The van der Waals surface area contributed by atoms with E-state index in [9.17, 15) is 9.59 Å². The molecule has 0 spiro atoms. The van der Waals surface area contributed by atoms with E-state index in [0.29, 0.717) is 24.8 Å². The third-order valence-electron chi connectivity index (χ3n) is 4.45. The zero-order chi connectivity index (χ0) is 17.0. The highest BCUT2D eigenvalue weighted by Gasteiger charge is 2.41. The van der Waals surface area contributed by atoms with Crippen LogP contribution < -0.4 is 4.90 Å². The number of likely N-dealkylation sites (N-methyl/N-ethyl adjacent to an activating group) is 1. The molecule has 1 fully saturated rings. The zero-order valence-electron chi connectivity index (χ0n) is 12.8. The van der Waals surface area contributed by atoms with Crippen molar-refractivity contribution in [1.29, 1.82) is 0 Å². The van der Waals surface area contributed by atoms with Gasteiger partial charge in [0.15, 0.2) is 11.7 Å². The summed E-state index contributed by atoms with van der Waals surface area (Å²) in [5.41, 5.74) is 1.62. The molecule has 0 unspecified atom stereocenters. The van der Waals surface area contributed by atoms with Crippen LogP contribution in [0, 0.1) is 0 Å². The summed E-state index contributed by atoms with van der Waals surface area (Å²) in [5.74, 6) is 0.970. The molecule has 9 heteroatoms. The number of likely N-dealkylation sites (tertiary alicyclic amines) is 1. The Kier molecular flexibility index (Phi) is 3.34. The van der Waals surface area contributed by atoms with Gasteiger partial charge in [-0.05, 0) is 18.2 Å². The highest BCUT2D eigenvalue weighted by Crippen LogP contribution is 2.37.